The van der Waals surface area contributed by atoms with Crippen molar-refractivity contribution in [2.24, 2.45) is 0 Å². The number of carbonyl (C=O) groups is 1. The number of nitrogens with one attached hydrogen (secondary N) is 1. The molecule has 1 aliphatic rings. The summed E-state index contributed by atoms with van der Waals surface area (Å²) in [4.78, 5) is 11.7. The van der Waals surface area contributed by atoms with Crippen LogP contribution < -0.4 is 5.32 Å². The summed E-state index contributed by atoms with van der Waals surface area (Å²) in [6.07, 6.45) is 4.71. The van der Waals surface area contributed by atoms with E-state index in [0.717, 1.165) is 23.7 Å². The molecule has 4 heteroatoms. The Balaban J connectivity index is 1.70. The van der Waals surface area contributed by atoms with Crippen molar-refractivity contribution in [2.75, 3.05) is 0 Å². The molecule has 1 heterocycles. The molecule has 0 radical (unpaired) electrons. The summed E-state index contributed by atoms with van der Waals surface area (Å²) in [6, 6.07) is 10.2. The van der Waals surface area contributed by atoms with Crippen LogP contribution in [0.2, 0.25) is 0 Å². The third-order valence-corrected chi connectivity index (χ3v) is 3.42. The number of carbonyl (C=O) groups excluding carboxylic acids is 1. The summed E-state index contributed by atoms with van der Waals surface area (Å²) in [5, 5.41) is 12.9. The standard InChI is InChI=1S/C15H15N3O/c16-10-11-1-4-14-12(9-11)5-7-18(14)8-6-15(19)17-13-2-3-13/h1,4-5,7,9,13H,2-3,6,8H2,(H,17,19). The maximum absolute atomic E-state index is 11.7. The highest BCUT2D eigenvalue weighted by molar-refractivity contribution is 5.82. The van der Waals surface area contributed by atoms with Crippen LogP contribution in [0.15, 0.2) is 30.5 Å². The van der Waals surface area contributed by atoms with Gasteiger partial charge in [0.15, 0.2) is 0 Å². The van der Waals surface area contributed by atoms with Crippen molar-refractivity contribution in [3.63, 3.8) is 0 Å². The molecule has 0 aliphatic heterocycles. The summed E-state index contributed by atoms with van der Waals surface area (Å²) in [5.41, 5.74) is 1.73. The third-order valence-electron chi connectivity index (χ3n) is 3.42. The molecule has 0 unspecified atom stereocenters. The molecule has 1 aromatic heterocycles. The van der Waals surface area contributed by atoms with Gasteiger partial charge in [-0.15, -0.1) is 0 Å². The molecule has 0 saturated heterocycles. The van der Waals surface area contributed by atoms with Crippen molar-refractivity contribution in [3.8, 4) is 6.07 Å². The summed E-state index contributed by atoms with van der Waals surface area (Å²) in [7, 11) is 0. The molecule has 0 spiro atoms. The van der Waals surface area contributed by atoms with Crippen LogP contribution in [-0.2, 0) is 11.3 Å². The van der Waals surface area contributed by atoms with Gasteiger partial charge in [0.25, 0.3) is 0 Å². The van der Waals surface area contributed by atoms with Crippen LogP contribution in [0.5, 0.6) is 0 Å². The molecule has 0 bridgehead atoms. The molecule has 0 atom stereocenters. The first kappa shape index (κ1) is 11.8. The minimum absolute atomic E-state index is 0.123. The summed E-state index contributed by atoms with van der Waals surface area (Å²) in [6.45, 7) is 0.675. The molecule has 4 nitrogen and oxygen atoms in total. The first-order valence-corrected chi connectivity index (χ1v) is 6.54. The number of hydrogen-bond donors (Lipinski definition) is 1. The fourth-order valence-corrected chi connectivity index (χ4v) is 2.21. The van der Waals surface area contributed by atoms with Crippen LogP contribution in [0.3, 0.4) is 0 Å². The Bertz CT molecular complexity index is 662. The molecular weight excluding hydrogens is 238 g/mol. The van der Waals surface area contributed by atoms with Crippen LogP contribution in [0.25, 0.3) is 10.9 Å². The largest absolute Gasteiger partial charge is 0.353 e. The van der Waals surface area contributed by atoms with E-state index in [1.165, 1.54) is 0 Å². The number of aryl methyl sites for hydroxylation is 1. The van der Waals surface area contributed by atoms with Gasteiger partial charge in [-0.3, -0.25) is 4.79 Å². The molecule has 96 valence electrons. The summed E-state index contributed by atoms with van der Waals surface area (Å²) >= 11 is 0. The molecule has 1 amide bonds. The number of amides is 1. The normalized spacial score (nSPS) is 14.3. The Morgan fingerprint density at radius 3 is 3.00 bits per heavy atom. The third kappa shape index (κ3) is 2.60. The zero-order valence-corrected chi connectivity index (χ0v) is 10.6. The van der Waals surface area contributed by atoms with Crippen molar-refractivity contribution >= 4 is 16.8 Å². The quantitative estimate of drug-likeness (QED) is 0.908. The molecular formula is C15H15N3O. The lowest BCUT2D eigenvalue weighted by atomic mass is 10.2. The Labute approximate surface area is 111 Å². The molecule has 1 aliphatic carbocycles. The number of aromatic nitrogens is 1. The van der Waals surface area contributed by atoms with Crippen LogP contribution in [0.4, 0.5) is 0 Å². The van der Waals surface area contributed by atoms with Crippen LogP contribution in [0, 0.1) is 11.3 Å². The van der Waals surface area contributed by atoms with E-state index in [2.05, 4.69) is 16.0 Å². The second-order valence-corrected chi connectivity index (χ2v) is 4.99. The maximum atomic E-state index is 11.7. The second kappa shape index (κ2) is 4.77. The second-order valence-electron chi connectivity index (χ2n) is 4.99. The van der Waals surface area contributed by atoms with E-state index < -0.39 is 0 Å². The van der Waals surface area contributed by atoms with Crippen LogP contribution >= 0.6 is 0 Å². The lowest BCUT2D eigenvalue weighted by Gasteiger charge is -2.06. The Kier molecular flexibility index (Phi) is 2.96. The topological polar surface area (TPSA) is 57.8 Å². The predicted octanol–water partition coefficient (Wildman–Crippen LogP) is 2.18. The minimum Gasteiger partial charge on any atom is -0.353 e. The Hall–Kier alpha value is -2.28. The van der Waals surface area contributed by atoms with Gasteiger partial charge in [0.1, 0.15) is 0 Å². The van der Waals surface area contributed by atoms with Crippen LogP contribution in [-0.4, -0.2) is 16.5 Å². The van der Waals surface area contributed by atoms with Gasteiger partial charge < -0.3 is 9.88 Å². The molecule has 1 aromatic carbocycles. The highest BCUT2D eigenvalue weighted by Gasteiger charge is 2.22. The average Bonchev–Trinajstić information content (AvgIpc) is 3.14. The van der Waals surface area contributed by atoms with Gasteiger partial charge in [0.05, 0.1) is 11.6 Å². The number of benzene rings is 1. The molecule has 19 heavy (non-hydrogen) atoms. The van der Waals surface area contributed by atoms with Crippen molar-refractivity contribution in [2.45, 2.75) is 31.8 Å². The zero-order valence-electron chi connectivity index (χ0n) is 10.6. The molecule has 1 saturated carbocycles. The molecule has 2 aromatic rings. The van der Waals surface area contributed by atoms with Crippen molar-refractivity contribution in [1.82, 2.24) is 9.88 Å². The SMILES string of the molecule is N#Cc1ccc2c(ccn2CCC(=O)NC2CC2)c1. The lowest BCUT2D eigenvalue weighted by molar-refractivity contribution is -0.121. The smallest absolute Gasteiger partial charge is 0.222 e. The van der Waals surface area contributed by atoms with E-state index >= 15 is 0 Å². The summed E-state index contributed by atoms with van der Waals surface area (Å²) < 4.78 is 2.06. The molecule has 1 N–H and O–H groups in total. The van der Waals surface area contributed by atoms with Gasteiger partial charge in [0.2, 0.25) is 5.91 Å². The van der Waals surface area contributed by atoms with Crippen molar-refractivity contribution in [1.29, 1.82) is 5.26 Å². The van der Waals surface area contributed by atoms with E-state index in [-0.39, 0.29) is 5.91 Å². The van der Waals surface area contributed by atoms with Gasteiger partial charge in [-0.25, -0.2) is 0 Å². The van der Waals surface area contributed by atoms with Crippen LogP contribution in [0.1, 0.15) is 24.8 Å². The first-order chi connectivity index (χ1) is 9.26. The van der Waals surface area contributed by atoms with E-state index in [1.54, 1.807) is 0 Å². The first-order valence-electron chi connectivity index (χ1n) is 6.54. The fraction of sp³-hybridized carbons (Fsp3) is 0.333. The molecule has 3 rings (SSSR count). The number of nitriles is 1. The fourth-order valence-electron chi connectivity index (χ4n) is 2.21. The zero-order chi connectivity index (χ0) is 13.2. The number of hydrogen-bond acceptors (Lipinski definition) is 2. The monoisotopic (exact) mass is 253 g/mol. The van der Waals surface area contributed by atoms with Gasteiger partial charge >= 0.3 is 0 Å². The predicted molar refractivity (Wildman–Crippen MR) is 72.4 cm³/mol. The number of nitrogens with zero attached hydrogens (tertiary/aromatic N) is 2. The number of fused-ring (bicyclic) bond motifs is 1. The van der Waals surface area contributed by atoms with E-state index in [1.807, 2.05) is 30.5 Å². The summed E-state index contributed by atoms with van der Waals surface area (Å²) in [5.74, 6) is 0.123. The molecule has 1 fully saturated rings. The lowest BCUT2D eigenvalue weighted by Crippen LogP contribution is -2.26. The highest BCUT2D eigenvalue weighted by atomic mass is 16.1. The van der Waals surface area contributed by atoms with Crippen molar-refractivity contribution in [3.05, 3.63) is 36.0 Å². The Morgan fingerprint density at radius 2 is 2.26 bits per heavy atom. The van der Waals surface area contributed by atoms with Gasteiger partial charge in [0, 0.05) is 36.1 Å². The van der Waals surface area contributed by atoms with E-state index in [4.69, 9.17) is 5.26 Å². The van der Waals surface area contributed by atoms with Gasteiger partial charge in [-0.05, 0) is 37.1 Å². The van der Waals surface area contributed by atoms with Crippen molar-refractivity contribution < 1.29 is 4.79 Å². The van der Waals surface area contributed by atoms with E-state index in [0.29, 0.717) is 24.6 Å². The average molecular weight is 253 g/mol. The minimum atomic E-state index is 0.123. The van der Waals surface area contributed by atoms with Gasteiger partial charge in [-0.2, -0.15) is 5.26 Å². The Morgan fingerprint density at radius 1 is 1.42 bits per heavy atom. The number of rotatable bonds is 4. The van der Waals surface area contributed by atoms with E-state index in [9.17, 15) is 4.79 Å². The maximum Gasteiger partial charge on any atom is 0.222 e. The highest BCUT2D eigenvalue weighted by Crippen LogP contribution is 2.20. The van der Waals surface area contributed by atoms with Gasteiger partial charge in [-0.1, -0.05) is 0 Å².